The van der Waals surface area contributed by atoms with E-state index in [2.05, 4.69) is 28.9 Å². The van der Waals surface area contributed by atoms with E-state index in [0.29, 0.717) is 18.7 Å². The molecule has 3 aromatic heterocycles. The molecule has 160 valence electrons. The molecule has 31 heavy (non-hydrogen) atoms. The summed E-state index contributed by atoms with van der Waals surface area (Å²) in [5, 5.41) is 5.29. The van der Waals surface area contributed by atoms with Crippen LogP contribution in [0.2, 0.25) is 0 Å². The van der Waals surface area contributed by atoms with Gasteiger partial charge in [-0.05, 0) is 51.8 Å². The second-order valence-electron chi connectivity index (χ2n) is 8.56. The first kappa shape index (κ1) is 19.5. The molecule has 4 heterocycles. The van der Waals surface area contributed by atoms with Crippen LogP contribution in [0.1, 0.15) is 54.8 Å². The molecule has 8 nitrogen and oxygen atoms in total. The number of imidazole rings is 1. The van der Waals surface area contributed by atoms with E-state index in [1.165, 1.54) is 0 Å². The molecule has 1 aromatic carbocycles. The number of likely N-dealkylation sites (tertiary alicyclic amines) is 1. The van der Waals surface area contributed by atoms with Crippen LogP contribution in [0.3, 0.4) is 0 Å². The molecule has 1 aliphatic rings. The molecule has 0 bridgehead atoms. The highest BCUT2D eigenvalue weighted by Crippen LogP contribution is 2.27. The van der Waals surface area contributed by atoms with E-state index in [4.69, 9.17) is 0 Å². The molecule has 8 heteroatoms. The number of fused-ring (bicyclic) bond motifs is 2. The topological polar surface area (TPSA) is 88.8 Å². The van der Waals surface area contributed by atoms with Crippen molar-refractivity contribution in [2.45, 2.75) is 45.7 Å². The normalized spacial score (nSPS) is 15.4. The van der Waals surface area contributed by atoms with E-state index in [9.17, 15) is 9.59 Å². The number of nitrogens with zero attached hydrogens (tertiary/aromatic N) is 5. The van der Waals surface area contributed by atoms with Crippen molar-refractivity contribution in [2.75, 3.05) is 13.1 Å². The average Bonchev–Trinajstić information content (AvgIpc) is 3.32. The fraction of sp³-hybridized carbons (Fsp3) is 0.391. The summed E-state index contributed by atoms with van der Waals surface area (Å²) in [5.74, 6) is -0.00563. The van der Waals surface area contributed by atoms with Gasteiger partial charge in [-0.1, -0.05) is 12.1 Å². The highest BCUT2D eigenvalue weighted by Gasteiger charge is 2.28. The van der Waals surface area contributed by atoms with Crippen LogP contribution < -0.4 is 5.69 Å². The number of nitrogens with one attached hydrogen (secondary N) is 1. The van der Waals surface area contributed by atoms with Crippen LogP contribution in [0.5, 0.6) is 0 Å². The fourth-order valence-electron chi connectivity index (χ4n) is 4.59. The summed E-state index contributed by atoms with van der Waals surface area (Å²) in [6, 6.07) is 9.94. The number of para-hydroxylation sites is 2. The Morgan fingerprint density at radius 2 is 1.94 bits per heavy atom. The van der Waals surface area contributed by atoms with Crippen molar-refractivity contribution in [3.8, 4) is 0 Å². The molecule has 0 aliphatic carbocycles. The van der Waals surface area contributed by atoms with E-state index in [-0.39, 0.29) is 23.7 Å². The quantitative estimate of drug-likeness (QED) is 0.552. The lowest BCUT2D eigenvalue weighted by molar-refractivity contribution is 0.0694. The van der Waals surface area contributed by atoms with Crippen LogP contribution in [-0.4, -0.2) is 48.2 Å². The average molecular weight is 419 g/mol. The predicted octanol–water partition coefficient (Wildman–Crippen LogP) is 3.44. The number of rotatable bonds is 3. The maximum absolute atomic E-state index is 13.3. The summed E-state index contributed by atoms with van der Waals surface area (Å²) >= 11 is 0. The van der Waals surface area contributed by atoms with Gasteiger partial charge in [-0.15, -0.1) is 0 Å². The minimum absolute atomic E-state index is 0.00563. The van der Waals surface area contributed by atoms with Crippen molar-refractivity contribution in [3.05, 3.63) is 58.3 Å². The summed E-state index contributed by atoms with van der Waals surface area (Å²) in [5.41, 5.74) is 3.83. The molecule has 1 N–H and O–H groups in total. The lowest BCUT2D eigenvalue weighted by Crippen LogP contribution is -2.40. The van der Waals surface area contributed by atoms with Gasteiger partial charge in [0, 0.05) is 30.6 Å². The number of benzene rings is 1. The second-order valence-corrected chi connectivity index (χ2v) is 8.56. The highest BCUT2D eigenvalue weighted by molar-refractivity contribution is 5.98. The van der Waals surface area contributed by atoms with E-state index < -0.39 is 0 Å². The minimum atomic E-state index is -0.0846. The van der Waals surface area contributed by atoms with Gasteiger partial charge in [0.05, 0.1) is 28.5 Å². The van der Waals surface area contributed by atoms with Crippen LogP contribution in [0.15, 0.2) is 41.3 Å². The third-order valence-corrected chi connectivity index (χ3v) is 6.22. The van der Waals surface area contributed by atoms with Crippen molar-refractivity contribution in [1.29, 1.82) is 0 Å². The number of aromatic amines is 1. The minimum Gasteiger partial charge on any atom is -0.338 e. The summed E-state index contributed by atoms with van der Waals surface area (Å²) < 4.78 is 3.72. The lowest BCUT2D eigenvalue weighted by atomic mass is 10.0. The maximum Gasteiger partial charge on any atom is 0.326 e. The molecule has 0 unspecified atom stereocenters. The van der Waals surface area contributed by atoms with Crippen molar-refractivity contribution in [2.24, 2.45) is 0 Å². The number of piperidine rings is 1. The Balaban J connectivity index is 1.37. The fourth-order valence-corrected chi connectivity index (χ4v) is 4.59. The Bertz CT molecular complexity index is 1340. The number of hydrogen-bond donors (Lipinski definition) is 1. The van der Waals surface area contributed by atoms with E-state index in [1.54, 1.807) is 6.20 Å². The maximum atomic E-state index is 13.3. The molecule has 1 saturated heterocycles. The number of aryl methyl sites for hydroxylation is 1. The summed E-state index contributed by atoms with van der Waals surface area (Å²) in [4.78, 5) is 35.2. The summed E-state index contributed by atoms with van der Waals surface area (Å²) in [7, 11) is 0. The van der Waals surface area contributed by atoms with Crippen LogP contribution >= 0.6 is 0 Å². The van der Waals surface area contributed by atoms with Gasteiger partial charge in [0.2, 0.25) is 0 Å². The van der Waals surface area contributed by atoms with Crippen LogP contribution in [0.4, 0.5) is 0 Å². The molecular weight excluding hydrogens is 392 g/mol. The van der Waals surface area contributed by atoms with Gasteiger partial charge in [-0.25, -0.2) is 14.5 Å². The zero-order valence-electron chi connectivity index (χ0n) is 18.0. The van der Waals surface area contributed by atoms with Gasteiger partial charge in [-0.2, -0.15) is 5.10 Å². The molecule has 1 amide bonds. The smallest absolute Gasteiger partial charge is 0.326 e. The first-order chi connectivity index (χ1) is 14.9. The van der Waals surface area contributed by atoms with Crippen molar-refractivity contribution < 1.29 is 4.79 Å². The third kappa shape index (κ3) is 3.22. The number of amides is 1. The van der Waals surface area contributed by atoms with Crippen molar-refractivity contribution in [1.82, 2.24) is 29.2 Å². The van der Waals surface area contributed by atoms with Crippen LogP contribution in [0, 0.1) is 6.92 Å². The summed E-state index contributed by atoms with van der Waals surface area (Å²) in [6.45, 7) is 7.22. The number of hydrogen-bond acceptors (Lipinski definition) is 4. The molecule has 1 fully saturated rings. The van der Waals surface area contributed by atoms with E-state index in [1.807, 2.05) is 51.4 Å². The third-order valence-electron chi connectivity index (χ3n) is 6.22. The Labute approximate surface area is 179 Å². The number of carbonyl (C=O) groups is 1. The monoisotopic (exact) mass is 418 g/mol. The lowest BCUT2D eigenvalue weighted by Gasteiger charge is -2.32. The van der Waals surface area contributed by atoms with E-state index >= 15 is 0 Å². The molecular formula is C23H26N6O2. The molecule has 4 aromatic rings. The van der Waals surface area contributed by atoms with Crippen LogP contribution in [-0.2, 0) is 0 Å². The van der Waals surface area contributed by atoms with Gasteiger partial charge in [-0.3, -0.25) is 9.36 Å². The SMILES string of the molecule is Cc1nc2c(cnn2C(C)C)cc1C(=O)N1CCC(n2c(=O)[nH]c3ccccc32)CC1. The van der Waals surface area contributed by atoms with E-state index in [0.717, 1.165) is 40.6 Å². The molecule has 0 spiro atoms. The Morgan fingerprint density at radius 1 is 1.19 bits per heavy atom. The Kier molecular flexibility index (Phi) is 4.64. The molecule has 0 radical (unpaired) electrons. The largest absolute Gasteiger partial charge is 0.338 e. The molecule has 1 aliphatic heterocycles. The molecule has 0 saturated carbocycles. The number of pyridine rings is 1. The van der Waals surface area contributed by atoms with Gasteiger partial charge >= 0.3 is 5.69 Å². The highest BCUT2D eigenvalue weighted by atomic mass is 16.2. The van der Waals surface area contributed by atoms with Crippen LogP contribution in [0.25, 0.3) is 22.1 Å². The summed E-state index contributed by atoms with van der Waals surface area (Å²) in [6.07, 6.45) is 3.26. The Hall–Kier alpha value is -3.42. The van der Waals surface area contributed by atoms with Gasteiger partial charge in [0.15, 0.2) is 5.65 Å². The van der Waals surface area contributed by atoms with Gasteiger partial charge < -0.3 is 9.88 Å². The second kappa shape index (κ2) is 7.37. The Morgan fingerprint density at radius 3 is 2.68 bits per heavy atom. The standard InChI is InChI=1S/C23H26N6O2/c1-14(2)29-21-16(13-24-29)12-18(15(3)25-21)22(30)27-10-8-17(9-11-27)28-20-7-5-4-6-19(20)26-23(28)31/h4-7,12-14,17H,8-11H2,1-3H3,(H,26,31). The van der Waals surface area contributed by atoms with Gasteiger partial charge in [0.1, 0.15) is 0 Å². The van der Waals surface area contributed by atoms with Crippen molar-refractivity contribution in [3.63, 3.8) is 0 Å². The molecule has 5 rings (SSSR count). The van der Waals surface area contributed by atoms with Gasteiger partial charge in [0.25, 0.3) is 5.91 Å². The molecule has 0 atom stereocenters. The number of aromatic nitrogens is 5. The zero-order chi connectivity index (χ0) is 21.7. The van der Waals surface area contributed by atoms with Crippen molar-refractivity contribution >= 4 is 28.0 Å². The number of carbonyl (C=O) groups excluding carboxylic acids is 1. The predicted molar refractivity (Wildman–Crippen MR) is 119 cm³/mol. The number of H-pyrrole nitrogens is 1. The first-order valence-electron chi connectivity index (χ1n) is 10.8. The first-order valence-corrected chi connectivity index (χ1v) is 10.8. The zero-order valence-corrected chi connectivity index (χ0v) is 18.0.